The average Bonchev–Trinajstić information content (AvgIpc) is 3.37. The average molecular weight is 372 g/mol. The van der Waals surface area contributed by atoms with Crippen molar-refractivity contribution >= 4 is 23.2 Å². The number of methoxy groups -OCH3 is 2. The molecule has 0 radical (unpaired) electrons. The highest BCUT2D eigenvalue weighted by Gasteiger charge is 2.15. The van der Waals surface area contributed by atoms with Crippen LogP contribution in [0.25, 0.3) is 10.6 Å². The molecular weight excluding hydrogens is 356 g/mol. The third-order valence-corrected chi connectivity index (χ3v) is 4.39. The number of carbonyl (C=O) groups is 2. The second-order valence-corrected chi connectivity index (χ2v) is 5.96. The molecule has 8 nitrogen and oxygen atoms in total. The van der Waals surface area contributed by atoms with Crippen LogP contribution in [0, 0.1) is 0 Å². The highest BCUT2D eigenvalue weighted by atomic mass is 32.1. The van der Waals surface area contributed by atoms with E-state index < -0.39 is 11.8 Å². The Bertz CT molecular complexity index is 921. The predicted octanol–water partition coefficient (Wildman–Crippen LogP) is 2.23. The van der Waals surface area contributed by atoms with Crippen LogP contribution in [-0.2, 0) is 0 Å². The van der Waals surface area contributed by atoms with Gasteiger partial charge in [0.15, 0.2) is 11.5 Å². The highest BCUT2D eigenvalue weighted by molar-refractivity contribution is 7.13. The van der Waals surface area contributed by atoms with Crippen molar-refractivity contribution in [1.29, 1.82) is 0 Å². The fraction of sp³-hybridized carbons (Fsp3) is 0.118. The third-order valence-electron chi connectivity index (χ3n) is 3.50. The fourth-order valence-corrected chi connectivity index (χ4v) is 2.99. The first kappa shape index (κ1) is 17.5. The van der Waals surface area contributed by atoms with Crippen molar-refractivity contribution in [3.8, 4) is 22.1 Å². The normalized spacial score (nSPS) is 10.2. The summed E-state index contributed by atoms with van der Waals surface area (Å²) in [4.78, 5) is 31.0. The molecule has 3 aromatic rings. The first-order valence-electron chi connectivity index (χ1n) is 7.54. The Balaban J connectivity index is 1.69. The Morgan fingerprint density at radius 3 is 2.54 bits per heavy atom. The summed E-state index contributed by atoms with van der Waals surface area (Å²) >= 11 is 1.31. The van der Waals surface area contributed by atoms with Gasteiger partial charge in [0, 0.05) is 17.1 Å². The highest BCUT2D eigenvalue weighted by Crippen LogP contribution is 2.33. The van der Waals surface area contributed by atoms with Gasteiger partial charge in [-0.15, -0.1) is 11.3 Å². The fourth-order valence-electron chi connectivity index (χ4n) is 2.20. The number of H-pyrrole nitrogens is 1. The molecule has 2 amide bonds. The molecule has 0 aliphatic carbocycles. The number of hydrazine groups is 1. The van der Waals surface area contributed by atoms with E-state index in [0.717, 1.165) is 5.56 Å². The van der Waals surface area contributed by atoms with Gasteiger partial charge in [0.05, 0.1) is 14.2 Å². The Morgan fingerprint density at radius 2 is 1.85 bits per heavy atom. The molecule has 0 aliphatic heterocycles. The standard InChI is InChI=1S/C17H16N4O4S/c1-24-13-6-5-10(8-14(13)25-2)17-19-12(9-26-17)16(23)21-20-15(22)11-4-3-7-18-11/h3-9,18H,1-2H3,(H,20,22)(H,21,23). The number of aromatic nitrogens is 2. The number of hydrogen-bond donors (Lipinski definition) is 3. The van der Waals surface area contributed by atoms with Gasteiger partial charge in [0.25, 0.3) is 11.8 Å². The van der Waals surface area contributed by atoms with E-state index >= 15 is 0 Å². The minimum Gasteiger partial charge on any atom is -0.493 e. The van der Waals surface area contributed by atoms with Gasteiger partial charge in [0.1, 0.15) is 16.4 Å². The van der Waals surface area contributed by atoms with Gasteiger partial charge in [-0.1, -0.05) is 0 Å². The van der Waals surface area contributed by atoms with Crippen LogP contribution in [0.3, 0.4) is 0 Å². The maximum Gasteiger partial charge on any atom is 0.289 e. The molecule has 0 spiro atoms. The van der Waals surface area contributed by atoms with Gasteiger partial charge in [-0.05, 0) is 30.3 Å². The summed E-state index contributed by atoms with van der Waals surface area (Å²) in [5.74, 6) is 0.230. The van der Waals surface area contributed by atoms with E-state index in [9.17, 15) is 9.59 Å². The summed E-state index contributed by atoms with van der Waals surface area (Å²) in [6, 6.07) is 8.67. The minimum absolute atomic E-state index is 0.201. The molecule has 26 heavy (non-hydrogen) atoms. The third kappa shape index (κ3) is 3.67. The van der Waals surface area contributed by atoms with Crippen LogP contribution in [-0.4, -0.2) is 36.0 Å². The summed E-state index contributed by atoms with van der Waals surface area (Å²) in [6.07, 6.45) is 1.62. The molecule has 2 heterocycles. The molecule has 0 bridgehead atoms. The van der Waals surface area contributed by atoms with Gasteiger partial charge < -0.3 is 14.5 Å². The van der Waals surface area contributed by atoms with E-state index in [-0.39, 0.29) is 5.69 Å². The molecule has 134 valence electrons. The van der Waals surface area contributed by atoms with E-state index in [1.54, 1.807) is 50.1 Å². The summed E-state index contributed by atoms with van der Waals surface area (Å²) < 4.78 is 10.5. The molecule has 9 heteroatoms. The molecule has 0 atom stereocenters. The van der Waals surface area contributed by atoms with E-state index in [0.29, 0.717) is 22.2 Å². The summed E-state index contributed by atoms with van der Waals surface area (Å²) in [5.41, 5.74) is 5.99. The van der Waals surface area contributed by atoms with E-state index in [1.165, 1.54) is 11.3 Å². The van der Waals surface area contributed by atoms with Gasteiger partial charge in [-0.25, -0.2) is 4.98 Å². The number of ether oxygens (including phenoxy) is 2. The van der Waals surface area contributed by atoms with Crippen molar-refractivity contribution in [2.24, 2.45) is 0 Å². The maximum atomic E-state index is 12.2. The largest absolute Gasteiger partial charge is 0.493 e. The lowest BCUT2D eigenvalue weighted by atomic mass is 10.2. The molecule has 1 aromatic carbocycles. The first-order valence-corrected chi connectivity index (χ1v) is 8.42. The van der Waals surface area contributed by atoms with Crippen LogP contribution in [0.4, 0.5) is 0 Å². The molecule has 0 saturated heterocycles. The monoisotopic (exact) mass is 372 g/mol. The smallest absolute Gasteiger partial charge is 0.289 e. The lowest BCUT2D eigenvalue weighted by molar-refractivity contribution is 0.0842. The molecule has 0 saturated carbocycles. The van der Waals surface area contributed by atoms with Crippen LogP contribution < -0.4 is 20.3 Å². The summed E-state index contributed by atoms with van der Waals surface area (Å²) in [7, 11) is 3.11. The number of nitrogens with one attached hydrogen (secondary N) is 3. The van der Waals surface area contributed by atoms with Crippen molar-refractivity contribution in [2.75, 3.05) is 14.2 Å². The Labute approximate surface area is 153 Å². The number of rotatable bonds is 5. The van der Waals surface area contributed by atoms with Crippen LogP contribution in [0.15, 0.2) is 41.9 Å². The number of thiazole rings is 1. The van der Waals surface area contributed by atoms with Crippen molar-refractivity contribution in [1.82, 2.24) is 20.8 Å². The zero-order valence-corrected chi connectivity index (χ0v) is 14.8. The van der Waals surface area contributed by atoms with E-state index in [4.69, 9.17) is 9.47 Å². The zero-order chi connectivity index (χ0) is 18.5. The second kappa shape index (κ2) is 7.70. The molecule has 2 aromatic heterocycles. The van der Waals surface area contributed by atoms with Crippen LogP contribution in [0.1, 0.15) is 21.0 Å². The zero-order valence-electron chi connectivity index (χ0n) is 14.0. The summed E-state index contributed by atoms with van der Waals surface area (Å²) in [5, 5.41) is 2.26. The molecule has 3 rings (SSSR count). The second-order valence-electron chi connectivity index (χ2n) is 5.10. The lowest BCUT2D eigenvalue weighted by Crippen LogP contribution is -2.41. The Kier molecular flexibility index (Phi) is 5.18. The van der Waals surface area contributed by atoms with Crippen LogP contribution in [0.5, 0.6) is 11.5 Å². The molecule has 0 fully saturated rings. The molecule has 0 aliphatic rings. The number of aromatic amines is 1. The van der Waals surface area contributed by atoms with Gasteiger partial charge in [-0.3, -0.25) is 20.4 Å². The number of nitrogens with zero attached hydrogens (tertiary/aromatic N) is 1. The molecular formula is C17H16N4O4S. The number of benzene rings is 1. The van der Waals surface area contributed by atoms with Crippen LogP contribution >= 0.6 is 11.3 Å². The number of carbonyl (C=O) groups excluding carboxylic acids is 2. The Morgan fingerprint density at radius 1 is 1.08 bits per heavy atom. The van der Waals surface area contributed by atoms with Crippen molar-refractivity contribution in [3.63, 3.8) is 0 Å². The topological polar surface area (TPSA) is 105 Å². The van der Waals surface area contributed by atoms with Gasteiger partial charge in [-0.2, -0.15) is 0 Å². The lowest BCUT2D eigenvalue weighted by Gasteiger charge is -2.08. The van der Waals surface area contributed by atoms with E-state index in [2.05, 4.69) is 20.8 Å². The van der Waals surface area contributed by atoms with E-state index in [1.807, 2.05) is 6.07 Å². The maximum absolute atomic E-state index is 12.2. The molecule has 3 N–H and O–H groups in total. The van der Waals surface area contributed by atoms with Crippen molar-refractivity contribution in [3.05, 3.63) is 53.3 Å². The quantitative estimate of drug-likeness (QED) is 0.596. The minimum atomic E-state index is -0.507. The predicted molar refractivity (Wildman–Crippen MR) is 96.4 cm³/mol. The first-order chi connectivity index (χ1) is 12.6. The Hall–Kier alpha value is -3.33. The number of amides is 2. The van der Waals surface area contributed by atoms with Crippen molar-refractivity contribution < 1.29 is 19.1 Å². The number of hydrogen-bond acceptors (Lipinski definition) is 6. The SMILES string of the molecule is COc1ccc(-c2nc(C(=O)NNC(=O)c3ccc[nH]3)cs2)cc1OC. The van der Waals surface area contributed by atoms with Gasteiger partial charge in [0.2, 0.25) is 0 Å². The van der Waals surface area contributed by atoms with Gasteiger partial charge >= 0.3 is 0 Å². The van der Waals surface area contributed by atoms with Crippen molar-refractivity contribution in [2.45, 2.75) is 0 Å². The van der Waals surface area contributed by atoms with Crippen LogP contribution in [0.2, 0.25) is 0 Å². The molecule has 0 unspecified atom stereocenters. The summed E-state index contributed by atoms with van der Waals surface area (Å²) in [6.45, 7) is 0.